The van der Waals surface area contributed by atoms with E-state index in [0.717, 1.165) is 23.3 Å². The summed E-state index contributed by atoms with van der Waals surface area (Å²) < 4.78 is 5.64. The van der Waals surface area contributed by atoms with E-state index in [1.807, 2.05) is 30.3 Å². The van der Waals surface area contributed by atoms with Crippen LogP contribution in [-0.4, -0.2) is 6.61 Å². The minimum Gasteiger partial charge on any atom is -0.494 e. The van der Waals surface area contributed by atoms with Crippen LogP contribution in [0.1, 0.15) is 30.5 Å². The maximum absolute atomic E-state index is 6.29. The van der Waals surface area contributed by atoms with Crippen molar-refractivity contribution < 1.29 is 4.74 Å². The molecule has 21 heavy (non-hydrogen) atoms. The third kappa shape index (κ3) is 4.63. The number of halogens is 2. The molecule has 2 rings (SSSR count). The van der Waals surface area contributed by atoms with Gasteiger partial charge in [0.15, 0.2) is 0 Å². The molecule has 2 N–H and O–H groups in total. The quantitative estimate of drug-likeness (QED) is 0.809. The SMILES string of the molecule is CCCOc1cccc(C(N)Cc2cc(Cl)ccc2Cl)c1. The van der Waals surface area contributed by atoms with Gasteiger partial charge in [0.05, 0.1) is 6.61 Å². The Hall–Kier alpha value is -1.22. The number of ether oxygens (including phenoxy) is 1. The summed E-state index contributed by atoms with van der Waals surface area (Å²) >= 11 is 12.2. The van der Waals surface area contributed by atoms with Gasteiger partial charge in [0, 0.05) is 16.1 Å². The fourth-order valence-electron chi connectivity index (χ4n) is 2.11. The third-order valence-electron chi connectivity index (χ3n) is 3.21. The van der Waals surface area contributed by atoms with Gasteiger partial charge < -0.3 is 10.5 Å². The van der Waals surface area contributed by atoms with E-state index in [9.17, 15) is 0 Å². The lowest BCUT2D eigenvalue weighted by atomic mass is 9.99. The highest BCUT2D eigenvalue weighted by Gasteiger charge is 2.11. The summed E-state index contributed by atoms with van der Waals surface area (Å²) in [5.41, 5.74) is 8.27. The largest absolute Gasteiger partial charge is 0.494 e. The molecule has 0 amide bonds. The van der Waals surface area contributed by atoms with Crippen LogP contribution in [0.4, 0.5) is 0 Å². The Bertz CT molecular complexity index is 601. The number of rotatable bonds is 6. The normalized spacial score (nSPS) is 12.2. The van der Waals surface area contributed by atoms with Crippen molar-refractivity contribution in [3.8, 4) is 5.75 Å². The number of hydrogen-bond donors (Lipinski definition) is 1. The summed E-state index contributed by atoms with van der Waals surface area (Å²) in [5.74, 6) is 0.849. The van der Waals surface area contributed by atoms with Crippen molar-refractivity contribution in [2.24, 2.45) is 5.73 Å². The second kappa shape index (κ2) is 7.69. The Morgan fingerprint density at radius 2 is 1.95 bits per heavy atom. The van der Waals surface area contributed by atoms with Gasteiger partial charge in [-0.05, 0) is 54.3 Å². The molecule has 4 heteroatoms. The van der Waals surface area contributed by atoms with E-state index >= 15 is 0 Å². The number of benzene rings is 2. The predicted molar refractivity (Wildman–Crippen MR) is 89.3 cm³/mol. The maximum atomic E-state index is 6.29. The number of nitrogens with two attached hydrogens (primary N) is 1. The van der Waals surface area contributed by atoms with Crippen LogP contribution < -0.4 is 10.5 Å². The van der Waals surface area contributed by atoms with Crippen LogP contribution in [0.15, 0.2) is 42.5 Å². The highest BCUT2D eigenvalue weighted by molar-refractivity contribution is 6.33. The lowest BCUT2D eigenvalue weighted by Gasteiger charge is -2.15. The molecule has 0 saturated carbocycles. The standard InChI is InChI=1S/C17H19Cl2NO/c1-2-8-21-15-5-3-4-12(10-15)17(20)11-13-9-14(18)6-7-16(13)19/h3-7,9-10,17H,2,8,11,20H2,1H3. The van der Waals surface area contributed by atoms with Crippen LogP contribution in [0.25, 0.3) is 0 Å². The Morgan fingerprint density at radius 3 is 2.71 bits per heavy atom. The van der Waals surface area contributed by atoms with Gasteiger partial charge in [0.25, 0.3) is 0 Å². The van der Waals surface area contributed by atoms with E-state index in [1.54, 1.807) is 12.1 Å². The molecule has 1 unspecified atom stereocenters. The van der Waals surface area contributed by atoms with Crippen LogP contribution in [0.5, 0.6) is 5.75 Å². The summed E-state index contributed by atoms with van der Waals surface area (Å²) in [6, 6.07) is 13.2. The zero-order valence-corrected chi connectivity index (χ0v) is 13.5. The first-order valence-corrected chi connectivity index (χ1v) is 7.78. The van der Waals surface area contributed by atoms with E-state index < -0.39 is 0 Å². The Balaban J connectivity index is 2.12. The van der Waals surface area contributed by atoms with Crippen molar-refractivity contribution in [2.45, 2.75) is 25.8 Å². The first-order chi connectivity index (χ1) is 10.1. The average molecular weight is 324 g/mol. The number of hydrogen-bond acceptors (Lipinski definition) is 2. The lowest BCUT2D eigenvalue weighted by Crippen LogP contribution is -2.13. The topological polar surface area (TPSA) is 35.2 Å². The van der Waals surface area contributed by atoms with Crippen molar-refractivity contribution in [3.05, 3.63) is 63.6 Å². The molecule has 2 nitrogen and oxygen atoms in total. The Morgan fingerprint density at radius 1 is 1.14 bits per heavy atom. The molecule has 2 aromatic carbocycles. The van der Waals surface area contributed by atoms with E-state index in [2.05, 4.69) is 6.92 Å². The van der Waals surface area contributed by atoms with Gasteiger partial charge in [-0.3, -0.25) is 0 Å². The maximum Gasteiger partial charge on any atom is 0.119 e. The molecular formula is C17H19Cl2NO. The van der Waals surface area contributed by atoms with E-state index in [0.29, 0.717) is 23.1 Å². The fraction of sp³-hybridized carbons (Fsp3) is 0.294. The van der Waals surface area contributed by atoms with Gasteiger partial charge >= 0.3 is 0 Å². The monoisotopic (exact) mass is 323 g/mol. The van der Waals surface area contributed by atoms with Crippen molar-refractivity contribution in [1.82, 2.24) is 0 Å². The van der Waals surface area contributed by atoms with Crippen molar-refractivity contribution in [1.29, 1.82) is 0 Å². The van der Waals surface area contributed by atoms with Crippen molar-refractivity contribution in [2.75, 3.05) is 6.61 Å². The smallest absolute Gasteiger partial charge is 0.119 e. The van der Waals surface area contributed by atoms with Gasteiger partial charge in [-0.25, -0.2) is 0 Å². The summed E-state index contributed by atoms with van der Waals surface area (Å²) in [5, 5.41) is 1.36. The average Bonchev–Trinajstić information content (AvgIpc) is 2.49. The highest BCUT2D eigenvalue weighted by Crippen LogP contribution is 2.26. The van der Waals surface area contributed by atoms with Crippen molar-refractivity contribution >= 4 is 23.2 Å². The molecule has 2 aromatic rings. The molecule has 0 aliphatic heterocycles. The second-order valence-corrected chi connectivity index (χ2v) is 5.81. The van der Waals surface area contributed by atoms with Crippen LogP contribution in [0.3, 0.4) is 0 Å². The molecule has 0 fully saturated rings. The zero-order chi connectivity index (χ0) is 15.2. The minimum absolute atomic E-state index is 0.147. The van der Waals surface area contributed by atoms with Crippen LogP contribution >= 0.6 is 23.2 Å². The van der Waals surface area contributed by atoms with Gasteiger partial charge in [-0.15, -0.1) is 0 Å². The Kier molecular flexibility index (Phi) is 5.92. The van der Waals surface area contributed by atoms with E-state index in [1.165, 1.54) is 0 Å². The van der Waals surface area contributed by atoms with E-state index in [-0.39, 0.29) is 6.04 Å². The van der Waals surface area contributed by atoms with Gasteiger partial charge in [-0.2, -0.15) is 0 Å². The second-order valence-electron chi connectivity index (χ2n) is 4.97. The summed E-state index contributed by atoms with van der Waals surface area (Å²) in [6.07, 6.45) is 1.62. The first kappa shape index (κ1) is 16.2. The molecule has 0 heterocycles. The molecule has 0 radical (unpaired) electrons. The van der Waals surface area contributed by atoms with Gasteiger partial charge in [-0.1, -0.05) is 42.3 Å². The summed E-state index contributed by atoms with van der Waals surface area (Å²) in [4.78, 5) is 0. The third-order valence-corrected chi connectivity index (χ3v) is 3.81. The highest BCUT2D eigenvalue weighted by atomic mass is 35.5. The molecule has 0 saturated heterocycles. The molecule has 1 atom stereocenters. The zero-order valence-electron chi connectivity index (χ0n) is 12.0. The van der Waals surface area contributed by atoms with Crippen LogP contribution in [-0.2, 0) is 6.42 Å². The fourth-order valence-corrected chi connectivity index (χ4v) is 2.50. The first-order valence-electron chi connectivity index (χ1n) is 7.02. The van der Waals surface area contributed by atoms with Crippen LogP contribution in [0.2, 0.25) is 10.0 Å². The molecule has 0 aliphatic rings. The Labute approximate surface area is 135 Å². The van der Waals surface area contributed by atoms with E-state index in [4.69, 9.17) is 33.7 Å². The molecule has 0 aromatic heterocycles. The van der Waals surface area contributed by atoms with Crippen molar-refractivity contribution in [3.63, 3.8) is 0 Å². The van der Waals surface area contributed by atoms with Gasteiger partial charge in [0.1, 0.15) is 5.75 Å². The molecule has 0 bridgehead atoms. The predicted octanol–water partition coefficient (Wildman–Crippen LogP) is 5.02. The molecular weight excluding hydrogens is 305 g/mol. The minimum atomic E-state index is -0.147. The molecule has 112 valence electrons. The summed E-state index contributed by atoms with van der Waals surface area (Å²) in [7, 11) is 0. The summed E-state index contributed by atoms with van der Waals surface area (Å²) in [6.45, 7) is 2.79. The van der Waals surface area contributed by atoms with Gasteiger partial charge in [0.2, 0.25) is 0 Å². The molecule has 0 aliphatic carbocycles. The van der Waals surface area contributed by atoms with Crippen LogP contribution in [0, 0.1) is 0 Å². The molecule has 0 spiro atoms. The lowest BCUT2D eigenvalue weighted by molar-refractivity contribution is 0.317.